The van der Waals surface area contributed by atoms with Crippen molar-refractivity contribution in [3.8, 4) is 0 Å². The van der Waals surface area contributed by atoms with E-state index in [0.29, 0.717) is 5.92 Å². The fraction of sp³-hybridized carbons (Fsp3) is 0.714. The zero-order chi connectivity index (χ0) is 13.7. The van der Waals surface area contributed by atoms with E-state index in [0.717, 1.165) is 31.1 Å². The van der Waals surface area contributed by atoms with Gasteiger partial charge in [0.2, 0.25) is 0 Å². The highest BCUT2D eigenvalue weighted by molar-refractivity contribution is 5.36. The van der Waals surface area contributed by atoms with Crippen molar-refractivity contribution >= 4 is 5.82 Å². The van der Waals surface area contributed by atoms with Crippen LogP contribution >= 0.6 is 0 Å². The number of nitrogens with zero attached hydrogens (tertiary/aromatic N) is 4. The van der Waals surface area contributed by atoms with E-state index in [2.05, 4.69) is 51.5 Å². The van der Waals surface area contributed by atoms with Crippen LogP contribution in [0.25, 0.3) is 0 Å². The maximum Gasteiger partial charge on any atom is 0.151 e. The van der Waals surface area contributed by atoms with E-state index in [-0.39, 0.29) is 0 Å². The molecule has 0 spiro atoms. The minimum Gasteiger partial charge on any atom is -0.357 e. The lowest BCUT2D eigenvalue weighted by Crippen LogP contribution is -2.31. The first kappa shape index (κ1) is 14.2. The fourth-order valence-electron chi connectivity index (χ4n) is 2.56. The number of nitrogens with one attached hydrogen (secondary N) is 1. The summed E-state index contributed by atoms with van der Waals surface area (Å²) in [5, 5.41) is 11.9. The molecule has 1 aromatic rings. The zero-order valence-electron chi connectivity index (χ0n) is 12.3. The molecular weight excluding hydrogens is 238 g/mol. The van der Waals surface area contributed by atoms with Crippen molar-refractivity contribution in [1.29, 1.82) is 0 Å². The summed E-state index contributed by atoms with van der Waals surface area (Å²) in [6.07, 6.45) is 2.49. The molecule has 0 bridgehead atoms. The van der Waals surface area contributed by atoms with Gasteiger partial charge in [0.25, 0.3) is 0 Å². The molecule has 0 aromatic carbocycles. The largest absolute Gasteiger partial charge is 0.357 e. The molecule has 1 N–H and O–H groups in total. The van der Waals surface area contributed by atoms with Crippen LogP contribution in [0.2, 0.25) is 0 Å². The minimum atomic E-state index is 0.544. The molecule has 0 saturated carbocycles. The Balaban J connectivity index is 1.97. The summed E-state index contributed by atoms with van der Waals surface area (Å²) in [6, 6.07) is 4.23. The molecule has 0 amide bonds. The van der Waals surface area contributed by atoms with E-state index >= 15 is 0 Å². The third-order valence-electron chi connectivity index (χ3n) is 3.80. The second-order valence-electron chi connectivity index (χ2n) is 5.44. The quantitative estimate of drug-likeness (QED) is 0.856. The molecule has 1 saturated heterocycles. The maximum absolute atomic E-state index is 4.43. The smallest absolute Gasteiger partial charge is 0.151 e. The maximum atomic E-state index is 4.43. The molecule has 19 heavy (non-hydrogen) atoms. The van der Waals surface area contributed by atoms with Crippen LogP contribution in [0.1, 0.15) is 24.5 Å². The molecule has 1 fully saturated rings. The standard InChI is InChI=1S/C14H25N5/c1-15-8-10-19(3)14-7-6-13(16-17-14)12-5-4-9-18(2)11-12/h6-7,12,15H,4-5,8-11H2,1-3H3. The predicted molar refractivity (Wildman–Crippen MR) is 78.7 cm³/mol. The van der Waals surface area contributed by atoms with Gasteiger partial charge in [0.1, 0.15) is 0 Å². The summed E-state index contributed by atoms with van der Waals surface area (Å²) < 4.78 is 0. The second kappa shape index (κ2) is 6.82. The van der Waals surface area contributed by atoms with Gasteiger partial charge < -0.3 is 15.1 Å². The van der Waals surface area contributed by atoms with Crippen molar-refractivity contribution in [2.24, 2.45) is 0 Å². The summed E-state index contributed by atoms with van der Waals surface area (Å²) in [5.74, 6) is 1.49. The van der Waals surface area contributed by atoms with Crippen molar-refractivity contribution in [3.05, 3.63) is 17.8 Å². The van der Waals surface area contributed by atoms with Crippen LogP contribution in [0.15, 0.2) is 12.1 Å². The first-order chi connectivity index (χ1) is 9.20. The van der Waals surface area contributed by atoms with Gasteiger partial charge in [0.15, 0.2) is 5.82 Å². The van der Waals surface area contributed by atoms with E-state index < -0.39 is 0 Å². The Morgan fingerprint density at radius 1 is 1.42 bits per heavy atom. The first-order valence-corrected chi connectivity index (χ1v) is 7.08. The van der Waals surface area contributed by atoms with E-state index in [1.165, 1.54) is 19.4 Å². The summed E-state index contributed by atoms with van der Waals surface area (Å²) >= 11 is 0. The molecule has 2 rings (SSSR count). The third kappa shape index (κ3) is 3.88. The number of likely N-dealkylation sites (N-methyl/N-ethyl adjacent to an activating group) is 3. The van der Waals surface area contributed by atoms with Gasteiger partial charge in [-0.3, -0.25) is 0 Å². The van der Waals surface area contributed by atoms with Gasteiger partial charge in [-0.15, -0.1) is 5.10 Å². The lowest BCUT2D eigenvalue weighted by atomic mass is 9.95. The number of anilines is 1. The minimum absolute atomic E-state index is 0.544. The molecule has 5 nitrogen and oxygen atoms in total. The van der Waals surface area contributed by atoms with Gasteiger partial charge in [0, 0.05) is 32.6 Å². The Bertz CT molecular complexity index is 378. The lowest BCUT2D eigenvalue weighted by Gasteiger charge is -2.29. The van der Waals surface area contributed by atoms with Crippen molar-refractivity contribution < 1.29 is 0 Å². The summed E-state index contributed by atoms with van der Waals surface area (Å²) in [4.78, 5) is 4.50. The number of likely N-dealkylation sites (tertiary alicyclic amines) is 1. The van der Waals surface area contributed by atoms with Gasteiger partial charge in [0.05, 0.1) is 5.69 Å². The van der Waals surface area contributed by atoms with Crippen molar-refractivity contribution in [1.82, 2.24) is 20.4 Å². The van der Waals surface area contributed by atoms with Crippen LogP contribution in [0.4, 0.5) is 5.82 Å². The number of piperidine rings is 1. The molecule has 0 radical (unpaired) electrons. The van der Waals surface area contributed by atoms with Gasteiger partial charge in [-0.05, 0) is 45.6 Å². The van der Waals surface area contributed by atoms with Gasteiger partial charge in [-0.2, -0.15) is 5.10 Å². The lowest BCUT2D eigenvalue weighted by molar-refractivity contribution is 0.248. The van der Waals surface area contributed by atoms with E-state index in [1.807, 2.05) is 7.05 Å². The molecular formula is C14H25N5. The van der Waals surface area contributed by atoms with Crippen LogP contribution in [-0.4, -0.2) is 62.4 Å². The van der Waals surface area contributed by atoms with Crippen LogP contribution in [0, 0.1) is 0 Å². The van der Waals surface area contributed by atoms with Gasteiger partial charge in [-0.25, -0.2) is 0 Å². The fourth-order valence-corrected chi connectivity index (χ4v) is 2.56. The number of hydrogen-bond donors (Lipinski definition) is 1. The molecule has 5 heteroatoms. The Morgan fingerprint density at radius 3 is 2.89 bits per heavy atom. The topological polar surface area (TPSA) is 44.3 Å². The number of rotatable bonds is 5. The van der Waals surface area contributed by atoms with Crippen LogP contribution in [0.5, 0.6) is 0 Å². The zero-order valence-corrected chi connectivity index (χ0v) is 12.3. The normalized spacial score (nSPS) is 20.5. The SMILES string of the molecule is CNCCN(C)c1ccc(C2CCCN(C)C2)nn1. The van der Waals surface area contributed by atoms with Crippen molar-refractivity contribution in [2.75, 3.05) is 52.2 Å². The van der Waals surface area contributed by atoms with E-state index in [9.17, 15) is 0 Å². The molecule has 0 aliphatic carbocycles. The van der Waals surface area contributed by atoms with Crippen molar-refractivity contribution in [3.63, 3.8) is 0 Å². The molecule has 1 atom stereocenters. The average Bonchev–Trinajstić information content (AvgIpc) is 2.45. The molecule has 1 aromatic heterocycles. The Kier molecular flexibility index (Phi) is 5.10. The van der Waals surface area contributed by atoms with Crippen molar-refractivity contribution in [2.45, 2.75) is 18.8 Å². The summed E-state index contributed by atoms with van der Waals surface area (Å²) in [7, 11) is 6.19. The molecule has 1 unspecified atom stereocenters. The Hall–Kier alpha value is -1.20. The van der Waals surface area contributed by atoms with E-state index in [4.69, 9.17) is 0 Å². The third-order valence-corrected chi connectivity index (χ3v) is 3.80. The summed E-state index contributed by atoms with van der Waals surface area (Å²) in [5.41, 5.74) is 1.14. The first-order valence-electron chi connectivity index (χ1n) is 7.08. The number of hydrogen-bond acceptors (Lipinski definition) is 5. The van der Waals surface area contributed by atoms with Gasteiger partial charge in [-0.1, -0.05) is 0 Å². The Labute approximate surface area is 116 Å². The highest BCUT2D eigenvalue weighted by Crippen LogP contribution is 2.24. The molecule has 1 aliphatic heterocycles. The highest BCUT2D eigenvalue weighted by atomic mass is 15.3. The Morgan fingerprint density at radius 2 is 2.26 bits per heavy atom. The number of aromatic nitrogens is 2. The molecule has 1 aliphatic rings. The summed E-state index contributed by atoms with van der Waals surface area (Å²) in [6.45, 7) is 4.20. The van der Waals surface area contributed by atoms with Crippen LogP contribution < -0.4 is 10.2 Å². The van der Waals surface area contributed by atoms with Crippen LogP contribution in [0.3, 0.4) is 0 Å². The van der Waals surface area contributed by atoms with Gasteiger partial charge >= 0.3 is 0 Å². The highest BCUT2D eigenvalue weighted by Gasteiger charge is 2.20. The monoisotopic (exact) mass is 263 g/mol. The van der Waals surface area contributed by atoms with Crippen LogP contribution in [-0.2, 0) is 0 Å². The molecule has 2 heterocycles. The average molecular weight is 263 g/mol. The van der Waals surface area contributed by atoms with E-state index in [1.54, 1.807) is 0 Å². The second-order valence-corrected chi connectivity index (χ2v) is 5.44. The predicted octanol–water partition coefficient (Wildman–Crippen LogP) is 0.941. The molecule has 106 valence electrons.